The topological polar surface area (TPSA) is 15.3 Å². The van der Waals surface area contributed by atoms with E-state index in [-0.39, 0.29) is 0 Å². The van der Waals surface area contributed by atoms with Gasteiger partial charge in [0.15, 0.2) is 0 Å². The number of thiol groups is 1. The maximum atomic E-state index is 3.53. The summed E-state index contributed by atoms with van der Waals surface area (Å²) in [7, 11) is 3.75. The molecule has 1 aliphatic carbocycles. The molecule has 0 radical (unpaired) electrons. The molecule has 0 amide bonds. The summed E-state index contributed by atoms with van der Waals surface area (Å²) in [5, 5.41) is 2.75. The molecule has 0 unspecified atom stereocenters. The van der Waals surface area contributed by atoms with Crippen molar-refractivity contribution in [3.05, 3.63) is 28.8 Å². The summed E-state index contributed by atoms with van der Waals surface area (Å²) in [5.41, 5.74) is 6.28. The molecule has 0 aromatic heterocycles. The second-order valence-corrected chi connectivity index (χ2v) is 4.61. The van der Waals surface area contributed by atoms with Crippen molar-refractivity contribution in [3.63, 3.8) is 0 Å². The van der Waals surface area contributed by atoms with Gasteiger partial charge in [0.05, 0.1) is 0 Å². The minimum Gasteiger partial charge on any atom is -0.372 e. The Morgan fingerprint density at radius 2 is 1.78 bits per heavy atom. The molecule has 0 saturated heterocycles. The molecule has 0 saturated carbocycles. The third-order valence-corrected chi connectivity index (χ3v) is 3.25. The summed E-state index contributed by atoms with van der Waals surface area (Å²) in [6, 6.07) is 4.83. The van der Waals surface area contributed by atoms with Gasteiger partial charge >= 0.3 is 0 Å². The minimum absolute atomic E-state index is 1.16. The predicted octanol–water partition coefficient (Wildman–Crippen LogP) is 2.74. The average Bonchev–Trinajstić information content (AvgIpc) is 3.16. The Hall–Kier alpha value is -0.670. The summed E-state index contributed by atoms with van der Waals surface area (Å²) < 4.78 is 0. The summed E-state index contributed by atoms with van der Waals surface area (Å²) in [6.45, 7) is 4.66. The molecule has 1 aromatic rings. The SMILES string of the molecule is CCN1CCCc2cc3c(cc21)C3.CNC.CS. The van der Waals surface area contributed by atoms with Crippen LogP contribution in [0.3, 0.4) is 0 Å². The highest BCUT2D eigenvalue weighted by Crippen LogP contribution is 2.37. The quantitative estimate of drug-likeness (QED) is 0.772. The zero-order valence-corrected chi connectivity index (χ0v) is 13.0. The summed E-state index contributed by atoms with van der Waals surface area (Å²) >= 11 is 3.53. The van der Waals surface area contributed by atoms with E-state index in [4.69, 9.17) is 0 Å². The van der Waals surface area contributed by atoms with Crippen molar-refractivity contribution in [2.45, 2.75) is 26.2 Å². The molecule has 1 N–H and O–H groups in total. The van der Waals surface area contributed by atoms with Gasteiger partial charge in [0.2, 0.25) is 0 Å². The van der Waals surface area contributed by atoms with Crippen LogP contribution in [0.15, 0.2) is 12.1 Å². The van der Waals surface area contributed by atoms with Crippen LogP contribution >= 0.6 is 12.6 Å². The number of hydrogen-bond acceptors (Lipinski definition) is 3. The van der Waals surface area contributed by atoms with Crippen LogP contribution in [0, 0.1) is 0 Å². The van der Waals surface area contributed by atoms with Crippen LogP contribution in [0.5, 0.6) is 0 Å². The van der Waals surface area contributed by atoms with Crippen LogP contribution in [0.2, 0.25) is 0 Å². The van der Waals surface area contributed by atoms with Crippen LogP contribution in [0.25, 0.3) is 0 Å². The highest BCUT2D eigenvalue weighted by Gasteiger charge is 2.23. The van der Waals surface area contributed by atoms with Crippen molar-refractivity contribution >= 4 is 18.3 Å². The van der Waals surface area contributed by atoms with Gasteiger partial charge in [0, 0.05) is 18.8 Å². The number of hydrogen-bond donors (Lipinski definition) is 2. The van der Waals surface area contributed by atoms with Crippen LogP contribution in [-0.2, 0) is 12.8 Å². The van der Waals surface area contributed by atoms with Crippen LogP contribution in [0.1, 0.15) is 30.0 Å². The molecule has 1 heterocycles. The van der Waals surface area contributed by atoms with E-state index in [1.165, 1.54) is 31.5 Å². The Kier molecular flexibility index (Phi) is 6.58. The monoisotopic (exact) mass is 266 g/mol. The molecule has 1 aromatic carbocycles. The summed E-state index contributed by atoms with van der Waals surface area (Å²) in [6.07, 6.45) is 5.57. The fraction of sp³-hybridized carbons (Fsp3) is 0.600. The highest BCUT2D eigenvalue weighted by atomic mass is 32.1. The zero-order chi connectivity index (χ0) is 13.5. The predicted molar refractivity (Wildman–Crippen MR) is 85.3 cm³/mol. The molecule has 0 bridgehead atoms. The van der Waals surface area contributed by atoms with Gasteiger partial charge in [-0.25, -0.2) is 0 Å². The minimum atomic E-state index is 1.16. The largest absolute Gasteiger partial charge is 0.372 e. The zero-order valence-electron chi connectivity index (χ0n) is 12.1. The van der Waals surface area contributed by atoms with Crippen molar-refractivity contribution in [1.82, 2.24) is 5.32 Å². The lowest BCUT2D eigenvalue weighted by atomic mass is 10.0. The summed E-state index contributed by atoms with van der Waals surface area (Å²) in [4.78, 5) is 2.51. The van der Waals surface area contributed by atoms with E-state index in [2.05, 4.69) is 41.9 Å². The first kappa shape index (κ1) is 15.4. The fourth-order valence-electron chi connectivity index (χ4n) is 2.39. The van der Waals surface area contributed by atoms with Gasteiger partial charge in [0.25, 0.3) is 0 Å². The van der Waals surface area contributed by atoms with Crippen molar-refractivity contribution < 1.29 is 0 Å². The second kappa shape index (κ2) is 7.70. The number of aryl methyl sites for hydroxylation is 1. The molecule has 2 nitrogen and oxygen atoms in total. The van der Waals surface area contributed by atoms with Gasteiger partial charge in [-0.3, -0.25) is 0 Å². The Balaban J connectivity index is 0.000000288. The van der Waals surface area contributed by atoms with E-state index in [1.807, 2.05) is 14.1 Å². The molecule has 102 valence electrons. The number of nitrogens with one attached hydrogen (secondary N) is 1. The number of benzene rings is 1. The van der Waals surface area contributed by atoms with E-state index in [0.717, 1.165) is 6.54 Å². The maximum absolute atomic E-state index is 3.53. The smallest absolute Gasteiger partial charge is 0.0401 e. The molecule has 2 aliphatic rings. The fourth-order valence-corrected chi connectivity index (χ4v) is 2.39. The van der Waals surface area contributed by atoms with Crippen molar-refractivity contribution in [2.75, 3.05) is 38.3 Å². The van der Waals surface area contributed by atoms with Gasteiger partial charge in [-0.2, -0.15) is 12.6 Å². The molecule has 0 spiro atoms. The Labute approximate surface area is 117 Å². The van der Waals surface area contributed by atoms with Gasteiger partial charge in [0.1, 0.15) is 0 Å². The lowest BCUT2D eigenvalue weighted by molar-refractivity contribution is 0.708. The number of anilines is 1. The molecule has 3 rings (SSSR count). The van der Waals surface area contributed by atoms with E-state index in [0.29, 0.717) is 0 Å². The third kappa shape index (κ3) is 3.66. The van der Waals surface area contributed by atoms with E-state index in [1.54, 1.807) is 22.9 Å². The molecule has 0 atom stereocenters. The number of fused-ring (bicyclic) bond motifs is 2. The molecular formula is C15H26N2S. The lowest BCUT2D eigenvalue weighted by Gasteiger charge is -2.29. The van der Waals surface area contributed by atoms with Crippen LogP contribution < -0.4 is 10.2 Å². The Morgan fingerprint density at radius 1 is 1.17 bits per heavy atom. The number of nitrogens with zero attached hydrogens (tertiary/aromatic N) is 1. The highest BCUT2D eigenvalue weighted by molar-refractivity contribution is 7.79. The van der Waals surface area contributed by atoms with Gasteiger partial charge < -0.3 is 10.2 Å². The summed E-state index contributed by atoms with van der Waals surface area (Å²) in [5.74, 6) is 0. The first-order chi connectivity index (χ1) is 8.80. The van der Waals surface area contributed by atoms with Gasteiger partial charge in [-0.05, 0) is 69.3 Å². The van der Waals surface area contributed by atoms with Crippen molar-refractivity contribution in [2.24, 2.45) is 0 Å². The molecule has 1 aliphatic heterocycles. The lowest BCUT2D eigenvalue weighted by Crippen LogP contribution is -2.28. The Morgan fingerprint density at radius 3 is 2.39 bits per heavy atom. The maximum Gasteiger partial charge on any atom is 0.0401 e. The second-order valence-electron chi connectivity index (χ2n) is 4.61. The van der Waals surface area contributed by atoms with Crippen LogP contribution in [0.4, 0.5) is 5.69 Å². The van der Waals surface area contributed by atoms with Gasteiger partial charge in [-0.1, -0.05) is 6.07 Å². The van der Waals surface area contributed by atoms with Crippen molar-refractivity contribution in [3.8, 4) is 0 Å². The number of rotatable bonds is 1. The molecule has 18 heavy (non-hydrogen) atoms. The first-order valence-electron chi connectivity index (χ1n) is 6.73. The molecule has 0 fully saturated rings. The molecule has 3 heteroatoms. The first-order valence-corrected chi connectivity index (χ1v) is 7.62. The van der Waals surface area contributed by atoms with E-state index >= 15 is 0 Å². The normalized spacial score (nSPS) is 14.4. The van der Waals surface area contributed by atoms with E-state index in [9.17, 15) is 0 Å². The molecular weight excluding hydrogens is 240 g/mol. The van der Waals surface area contributed by atoms with Crippen LogP contribution in [-0.4, -0.2) is 33.4 Å². The Bertz CT molecular complexity index is 377. The van der Waals surface area contributed by atoms with Gasteiger partial charge in [-0.15, -0.1) is 0 Å². The van der Waals surface area contributed by atoms with E-state index < -0.39 is 0 Å². The third-order valence-electron chi connectivity index (χ3n) is 3.25. The average molecular weight is 266 g/mol. The standard InChI is InChI=1S/C12H15N.C2H7N.CH4S/c1-2-13-5-3-4-9-6-10-7-11(10)8-12(9)13;1-3-2;1-2/h6,8H,2-5,7H2,1H3;3H,1-2H3;2H,1H3. The van der Waals surface area contributed by atoms with Crippen molar-refractivity contribution in [1.29, 1.82) is 0 Å².